The van der Waals surface area contributed by atoms with Gasteiger partial charge in [0, 0.05) is 44.1 Å². The highest BCUT2D eigenvalue weighted by Gasteiger charge is 2.67. The highest BCUT2D eigenvalue weighted by molar-refractivity contribution is 14.0. The first kappa shape index (κ1) is 19.7. The number of sulfone groups is 1. The lowest BCUT2D eigenvalue weighted by molar-refractivity contribution is -0.171. The highest BCUT2D eigenvalue weighted by Crippen LogP contribution is 2.62. The van der Waals surface area contributed by atoms with E-state index in [4.69, 9.17) is 4.74 Å². The van der Waals surface area contributed by atoms with Crippen LogP contribution in [0.3, 0.4) is 0 Å². The Bertz CT molecular complexity index is 660. The summed E-state index contributed by atoms with van der Waals surface area (Å²) in [4.78, 5) is 6.60. The van der Waals surface area contributed by atoms with E-state index in [1.807, 2.05) is 13.8 Å². The Morgan fingerprint density at radius 1 is 1.32 bits per heavy atom. The van der Waals surface area contributed by atoms with Gasteiger partial charge in [-0.1, -0.05) is 6.42 Å². The van der Waals surface area contributed by atoms with Crippen molar-refractivity contribution in [2.75, 3.05) is 32.5 Å². The van der Waals surface area contributed by atoms with Crippen LogP contribution in [0.15, 0.2) is 4.99 Å². The minimum absolute atomic E-state index is 0. The first-order valence-corrected chi connectivity index (χ1v) is 10.8. The van der Waals surface area contributed by atoms with Crippen LogP contribution in [0.25, 0.3) is 0 Å². The number of aliphatic imine (C=N–C) groups is 1. The number of halogens is 1. The predicted octanol–water partition coefficient (Wildman–Crippen LogP) is 1.65. The third kappa shape index (κ3) is 2.81. The van der Waals surface area contributed by atoms with Crippen LogP contribution >= 0.6 is 24.0 Å². The van der Waals surface area contributed by atoms with Crippen LogP contribution in [-0.2, 0) is 14.6 Å². The average molecular weight is 483 g/mol. The second-order valence-electron chi connectivity index (χ2n) is 8.50. The van der Waals surface area contributed by atoms with Crippen LogP contribution in [0.5, 0.6) is 0 Å². The summed E-state index contributed by atoms with van der Waals surface area (Å²) in [5.74, 6) is 1.65. The summed E-state index contributed by atoms with van der Waals surface area (Å²) < 4.78 is 29.8. The summed E-state index contributed by atoms with van der Waals surface area (Å²) in [6, 6.07) is 0.430. The van der Waals surface area contributed by atoms with Gasteiger partial charge < -0.3 is 15.0 Å². The number of hydrogen-bond donors (Lipinski definition) is 1. The van der Waals surface area contributed by atoms with E-state index < -0.39 is 14.6 Å². The van der Waals surface area contributed by atoms with Gasteiger partial charge in [0.25, 0.3) is 0 Å². The van der Waals surface area contributed by atoms with E-state index in [2.05, 4.69) is 15.2 Å². The zero-order valence-electron chi connectivity index (χ0n) is 15.3. The molecule has 1 spiro atoms. The van der Waals surface area contributed by atoms with Crippen molar-refractivity contribution >= 4 is 39.8 Å². The molecule has 0 amide bonds. The van der Waals surface area contributed by atoms with Crippen molar-refractivity contribution in [3.8, 4) is 0 Å². The number of rotatable bonds is 1. The molecule has 0 radical (unpaired) electrons. The Morgan fingerprint density at radius 2 is 2.04 bits per heavy atom. The number of nitrogens with one attached hydrogen (secondary N) is 1. The molecule has 8 heteroatoms. The Hall–Kier alpha value is -0.0900. The molecule has 2 aliphatic heterocycles. The van der Waals surface area contributed by atoms with Gasteiger partial charge in [0.15, 0.2) is 15.8 Å². The normalized spacial score (nSPS) is 37.5. The van der Waals surface area contributed by atoms with Gasteiger partial charge in [-0.2, -0.15) is 0 Å². The summed E-state index contributed by atoms with van der Waals surface area (Å²) in [5, 5.41) is 3.70. The van der Waals surface area contributed by atoms with Crippen molar-refractivity contribution in [3.63, 3.8) is 0 Å². The third-order valence-electron chi connectivity index (χ3n) is 6.88. The first-order valence-electron chi connectivity index (χ1n) is 9.13. The van der Waals surface area contributed by atoms with Gasteiger partial charge in [-0.25, -0.2) is 8.42 Å². The van der Waals surface area contributed by atoms with E-state index in [1.165, 1.54) is 19.3 Å². The summed E-state index contributed by atoms with van der Waals surface area (Å²) in [5.41, 5.74) is 0.300. The average Bonchev–Trinajstić information content (AvgIpc) is 2.87. The summed E-state index contributed by atoms with van der Waals surface area (Å²) in [7, 11) is -1.23. The fraction of sp³-hybridized carbons (Fsp3) is 0.941. The molecule has 4 aliphatic rings. The van der Waals surface area contributed by atoms with E-state index in [-0.39, 0.29) is 29.7 Å². The largest absolute Gasteiger partial charge is 0.377 e. The molecule has 2 heterocycles. The Labute approximate surface area is 168 Å². The van der Waals surface area contributed by atoms with Crippen molar-refractivity contribution in [1.82, 2.24) is 10.2 Å². The Morgan fingerprint density at radius 3 is 2.60 bits per heavy atom. The third-order valence-corrected chi connectivity index (χ3v) is 9.41. The fourth-order valence-electron chi connectivity index (χ4n) is 5.22. The van der Waals surface area contributed by atoms with E-state index in [9.17, 15) is 8.42 Å². The molecule has 0 aromatic carbocycles. The number of guanidine groups is 1. The van der Waals surface area contributed by atoms with E-state index in [0.29, 0.717) is 36.6 Å². The molecule has 6 nitrogen and oxygen atoms in total. The molecule has 3 unspecified atom stereocenters. The molecule has 2 saturated heterocycles. The van der Waals surface area contributed by atoms with Crippen molar-refractivity contribution < 1.29 is 13.2 Å². The molecule has 0 bridgehead atoms. The topological polar surface area (TPSA) is 71.0 Å². The van der Waals surface area contributed by atoms with Gasteiger partial charge in [-0.15, -0.1) is 24.0 Å². The summed E-state index contributed by atoms with van der Waals surface area (Å²) in [6.45, 7) is 5.54. The molecule has 144 valence electrons. The second kappa shape index (κ2) is 6.51. The Kier molecular flexibility index (Phi) is 5.12. The monoisotopic (exact) mass is 483 g/mol. The lowest BCUT2D eigenvalue weighted by Gasteiger charge is -2.63. The number of fused-ring (bicyclic) bond motifs is 2. The quantitative estimate of drug-likeness (QED) is 0.349. The van der Waals surface area contributed by atoms with Crippen LogP contribution in [0, 0.1) is 11.3 Å². The summed E-state index contributed by atoms with van der Waals surface area (Å²) >= 11 is 0. The van der Waals surface area contributed by atoms with Crippen LogP contribution in [0.4, 0.5) is 0 Å². The molecule has 25 heavy (non-hydrogen) atoms. The molecule has 1 N–H and O–H groups in total. The van der Waals surface area contributed by atoms with Crippen molar-refractivity contribution in [2.24, 2.45) is 16.3 Å². The standard InChI is InChI=1S/C17H29N3O3S.HI/c1-16(2)11-20(8-10-24(16,21)22)15(18-3)19-13-12-5-9-23-14(12)17(13)6-4-7-17;/h12-14H,4-11H2,1-3H3,(H,18,19);1H. The van der Waals surface area contributed by atoms with E-state index >= 15 is 0 Å². The molecule has 0 aromatic rings. The SMILES string of the molecule is CN=C(NC1C2CCOC2C12CCC2)N1CCS(=O)(=O)C(C)(C)C1.I. The Balaban J connectivity index is 0.00000182. The molecule has 0 aromatic heterocycles. The predicted molar refractivity (Wildman–Crippen MR) is 109 cm³/mol. The molecular formula is C17H30IN3O3S. The number of nitrogens with zero attached hydrogens (tertiary/aromatic N) is 2. The smallest absolute Gasteiger partial charge is 0.193 e. The maximum absolute atomic E-state index is 12.3. The molecule has 2 aliphatic carbocycles. The first-order chi connectivity index (χ1) is 11.3. The van der Waals surface area contributed by atoms with Gasteiger partial charge in [-0.3, -0.25) is 4.99 Å². The van der Waals surface area contributed by atoms with E-state index in [0.717, 1.165) is 19.0 Å². The van der Waals surface area contributed by atoms with Gasteiger partial charge in [0.05, 0.1) is 16.6 Å². The van der Waals surface area contributed by atoms with Gasteiger partial charge >= 0.3 is 0 Å². The molecule has 3 atom stereocenters. The lowest BCUT2D eigenvalue weighted by Crippen LogP contribution is -2.73. The van der Waals surface area contributed by atoms with Gasteiger partial charge in [-0.05, 0) is 33.1 Å². The molecule has 4 fully saturated rings. The maximum Gasteiger partial charge on any atom is 0.193 e. The molecular weight excluding hydrogens is 453 g/mol. The zero-order chi connectivity index (χ0) is 17.2. The molecule has 4 rings (SSSR count). The lowest BCUT2D eigenvalue weighted by atomic mass is 9.46. The minimum Gasteiger partial charge on any atom is -0.377 e. The van der Waals surface area contributed by atoms with E-state index in [1.54, 1.807) is 7.05 Å². The van der Waals surface area contributed by atoms with Crippen molar-refractivity contribution in [1.29, 1.82) is 0 Å². The van der Waals surface area contributed by atoms with Crippen molar-refractivity contribution in [3.05, 3.63) is 0 Å². The van der Waals surface area contributed by atoms with Gasteiger partial charge in [0.1, 0.15) is 0 Å². The number of hydrogen-bond acceptors (Lipinski definition) is 4. The second-order valence-corrected chi connectivity index (χ2v) is 11.2. The van der Waals surface area contributed by atoms with Crippen molar-refractivity contribution in [2.45, 2.75) is 56.4 Å². The fourth-order valence-corrected chi connectivity index (χ4v) is 6.58. The summed E-state index contributed by atoms with van der Waals surface area (Å²) in [6.07, 6.45) is 5.32. The van der Waals surface area contributed by atoms with Gasteiger partial charge in [0.2, 0.25) is 0 Å². The minimum atomic E-state index is -3.03. The maximum atomic E-state index is 12.3. The zero-order valence-corrected chi connectivity index (χ0v) is 18.5. The molecule has 2 saturated carbocycles. The highest BCUT2D eigenvalue weighted by atomic mass is 127. The van der Waals surface area contributed by atoms with Crippen LogP contribution in [0.1, 0.15) is 39.5 Å². The van der Waals surface area contributed by atoms with Crippen LogP contribution < -0.4 is 5.32 Å². The van der Waals surface area contributed by atoms with Crippen LogP contribution in [0.2, 0.25) is 0 Å². The van der Waals surface area contributed by atoms with Crippen LogP contribution in [-0.4, -0.2) is 68.7 Å². The number of ether oxygens (including phenoxy) is 1.